The number of rotatable bonds is 4. The minimum atomic E-state index is -0.340. The van der Waals surface area contributed by atoms with Crippen molar-refractivity contribution >= 4 is 29.1 Å². The number of halogens is 3. The highest BCUT2D eigenvalue weighted by molar-refractivity contribution is 6.42. The van der Waals surface area contributed by atoms with Gasteiger partial charge in [-0.25, -0.2) is 4.39 Å². The second kappa shape index (κ2) is 6.96. The van der Waals surface area contributed by atoms with Crippen LogP contribution < -0.4 is 0 Å². The van der Waals surface area contributed by atoms with Crippen molar-refractivity contribution in [1.29, 1.82) is 0 Å². The largest absolute Gasteiger partial charge is 0.338 e. The molecule has 3 saturated heterocycles. The second-order valence-corrected chi connectivity index (χ2v) is 7.26. The van der Waals surface area contributed by atoms with Crippen LogP contribution >= 0.6 is 23.2 Å². The number of hydrogen-bond acceptors (Lipinski definition) is 2. The van der Waals surface area contributed by atoms with Gasteiger partial charge in [0, 0.05) is 37.8 Å². The first-order valence-electron chi connectivity index (χ1n) is 8.16. The molecule has 6 heteroatoms. The Morgan fingerprint density at radius 1 is 1.26 bits per heavy atom. The van der Waals surface area contributed by atoms with Crippen LogP contribution in [0.4, 0.5) is 4.39 Å². The molecule has 3 aliphatic heterocycles. The zero-order valence-electron chi connectivity index (χ0n) is 13.2. The summed E-state index contributed by atoms with van der Waals surface area (Å²) >= 11 is 12.2. The molecule has 0 radical (unpaired) electrons. The SMILES string of the molecule is CCCN1C(=O)[C@@H]2CC[C@H]1CN(Cc1c(F)ccc(Cl)c1Cl)C2. The lowest BCUT2D eigenvalue weighted by Crippen LogP contribution is -2.48. The fraction of sp³-hybridized carbons (Fsp3) is 0.588. The number of hydrogen-bond donors (Lipinski definition) is 0. The Morgan fingerprint density at radius 3 is 2.78 bits per heavy atom. The van der Waals surface area contributed by atoms with Crippen LogP contribution in [0.2, 0.25) is 10.0 Å². The Labute approximate surface area is 146 Å². The standard InChI is InChI=1S/C17H21Cl2FN2O/c1-2-7-22-12-4-3-11(17(22)23)8-21(9-12)10-13-15(20)6-5-14(18)16(13)19/h5-6,11-12H,2-4,7-10H2,1H3/t11-,12+/m1/s1. The molecule has 0 saturated carbocycles. The molecule has 0 unspecified atom stereocenters. The van der Waals surface area contributed by atoms with Crippen molar-refractivity contribution in [3.8, 4) is 0 Å². The summed E-state index contributed by atoms with van der Waals surface area (Å²) in [6, 6.07) is 3.05. The van der Waals surface area contributed by atoms with Crippen molar-refractivity contribution in [2.45, 2.75) is 38.8 Å². The van der Waals surface area contributed by atoms with Gasteiger partial charge in [-0.15, -0.1) is 0 Å². The van der Waals surface area contributed by atoms with Crippen molar-refractivity contribution in [2.24, 2.45) is 5.92 Å². The smallest absolute Gasteiger partial charge is 0.227 e. The normalized spacial score (nSPS) is 25.0. The maximum absolute atomic E-state index is 14.1. The average Bonchev–Trinajstić information content (AvgIpc) is 2.80. The van der Waals surface area contributed by atoms with Crippen LogP contribution in [0.1, 0.15) is 31.7 Å². The Morgan fingerprint density at radius 2 is 2.04 bits per heavy atom. The number of piperidine rings is 1. The van der Waals surface area contributed by atoms with E-state index in [1.165, 1.54) is 12.1 Å². The molecule has 23 heavy (non-hydrogen) atoms. The van der Waals surface area contributed by atoms with Crippen molar-refractivity contribution in [1.82, 2.24) is 9.80 Å². The van der Waals surface area contributed by atoms with E-state index in [1.54, 1.807) is 0 Å². The first-order valence-corrected chi connectivity index (χ1v) is 8.92. The van der Waals surface area contributed by atoms with Gasteiger partial charge in [0.2, 0.25) is 5.91 Å². The van der Waals surface area contributed by atoms with Crippen LogP contribution in [0, 0.1) is 11.7 Å². The highest BCUT2D eigenvalue weighted by Crippen LogP contribution is 2.33. The molecule has 3 aliphatic rings. The molecule has 4 rings (SSSR count). The molecular formula is C17H21Cl2FN2O. The maximum Gasteiger partial charge on any atom is 0.227 e. The van der Waals surface area contributed by atoms with Gasteiger partial charge in [0.05, 0.1) is 16.0 Å². The fourth-order valence-electron chi connectivity index (χ4n) is 3.73. The monoisotopic (exact) mass is 358 g/mol. The predicted octanol–water partition coefficient (Wildman–Crippen LogP) is 3.97. The summed E-state index contributed by atoms with van der Waals surface area (Å²) in [7, 11) is 0. The van der Waals surface area contributed by atoms with Crippen LogP contribution in [0.25, 0.3) is 0 Å². The Kier molecular flexibility index (Phi) is 5.14. The lowest BCUT2D eigenvalue weighted by atomic mass is 9.94. The molecule has 0 N–H and O–H groups in total. The third-order valence-corrected chi connectivity index (χ3v) is 5.70. The summed E-state index contributed by atoms with van der Waals surface area (Å²) in [5.41, 5.74) is 0.426. The van der Waals surface area contributed by atoms with Gasteiger partial charge < -0.3 is 4.90 Å². The zero-order chi connectivity index (χ0) is 16.6. The summed E-state index contributed by atoms with van der Waals surface area (Å²) in [4.78, 5) is 16.7. The Hall–Kier alpha value is -0.840. The predicted molar refractivity (Wildman–Crippen MR) is 90.2 cm³/mol. The van der Waals surface area contributed by atoms with Crippen molar-refractivity contribution in [3.05, 3.63) is 33.6 Å². The first-order chi connectivity index (χ1) is 11.0. The van der Waals surface area contributed by atoms with Crippen LogP contribution in [-0.2, 0) is 11.3 Å². The first kappa shape index (κ1) is 17.0. The van der Waals surface area contributed by atoms with Crippen LogP contribution in [0.3, 0.4) is 0 Å². The number of carbonyl (C=O) groups excluding carboxylic acids is 1. The minimum Gasteiger partial charge on any atom is -0.338 e. The van der Waals surface area contributed by atoms with Gasteiger partial charge in [-0.3, -0.25) is 9.69 Å². The molecular weight excluding hydrogens is 338 g/mol. The lowest BCUT2D eigenvalue weighted by molar-refractivity contribution is -0.139. The quantitative estimate of drug-likeness (QED) is 0.760. The third-order valence-electron chi connectivity index (χ3n) is 4.85. The van der Waals surface area contributed by atoms with Gasteiger partial charge in [-0.05, 0) is 31.4 Å². The van der Waals surface area contributed by atoms with Crippen LogP contribution in [0.15, 0.2) is 12.1 Å². The highest BCUT2D eigenvalue weighted by atomic mass is 35.5. The van der Waals surface area contributed by atoms with Crippen molar-refractivity contribution in [3.63, 3.8) is 0 Å². The van der Waals surface area contributed by atoms with E-state index < -0.39 is 0 Å². The van der Waals surface area contributed by atoms with Crippen LogP contribution in [0.5, 0.6) is 0 Å². The third kappa shape index (κ3) is 3.35. The van der Waals surface area contributed by atoms with Gasteiger partial charge in [0.25, 0.3) is 0 Å². The number of benzene rings is 1. The molecule has 3 fully saturated rings. The molecule has 0 aromatic heterocycles. The average molecular weight is 359 g/mol. The second-order valence-electron chi connectivity index (χ2n) is 6.48. The van der Waals surface area contributed by atoms with Crippen molar-refractivity contribution in [2.75, 3.05) is 19.6 Å². The summed E-state index contributed by atoms with van der Waals surface area (Å²) in [6.07, 6.45) is 2.91. The lowest BCUT2D eigenvalue weighted by Gasteiger charge is -2.35. The maximum atomic E-state index is 14.1. The van der Waals surface area contributed by atoms with Gasteiger partial charge in [0.15, 0.2) is 0 Å². The number of fused-ring (bicyclic) bond motifs is 4. The summed E-state index contributed by atoms with van der Waals surface area (Å²) in [5.74, 6) is -0.0719. The molecule has 126 valence electrons. The molecule has 1 aromatic rings. The molecule has 3 nitrogen and oxygen atoms in total. The van der Waals surface area contributed by atoms with Gasteiger partial charge in [-0.1, -0.05) is 30.1 Å². The number of amides is 1. The highest BCUT2D eigenvalue weighted by Gasteiger charge is 2.40. The summed E-state index contributed by atoms with van der Waals surface area (Å²) < 4.78 is 14.1. The molecule has 0 aliphatic carbocycles. The molecule has 0 spiro atoms. The minimum absolute atomic E-state index is 0.0151. The van der Waals surface area contributed by atoms with E-state index >= 15 is 0 Å². The number of carbonyl (C=O) groups is 1. The van der Waals surface area contributed by atoms with E-state index in [2.05, 4.69) is 11.8 Å². The van der Waals surface area contributed by atoms with E-state index in [0.29, 0.717) is 23.7 Å². The Balaban J connectivity index is 1.81. The van der Waals surface area contributed by atoms with E-state index in [1.807, 2.05) is 4.90 Å². The Bertz CT molecular complexity index is 611. The number of nitrogens with zero attached hydrogens (tertiary/aromatic N) is 2. The van der Waals surface area contributed by atoms with Gasteiger partial charge >= 0.3 is 0 Å². The van der Waals surface area contributed by atoms with Gasteiger partial charge in [0.1, 0.15) is 5.82 Å². The molecule has 2 bridgehead atoms. The van der Waals surface area contributed by atoms with E-state index in [4.69, 9.17) is 23.2 Å². The summed E-state index contributed by atoms with van der Waals surface area (Å²) in [6.45, 7) is 4.72. The zero-order valence-corrected chi connectivity index (χ0v) is 14.7. The van der Waals surface area contributed by atoms with Gasteiger partial charge in [-0.2, -0.15) is 0 Å². The van der Waals surface area contributed by atoms with Crippen LogP contribution in [-0.4, -0.2) is 41.4 Å². The van der Waals surface area contributed by atoms with Crippen molar-refractivity contribution < 1.29 is 9.18 Å². The molecule has 1 aromatic carbocycles. The topological polar surface area (TPSA) is 23.6 Å². The molecule has 2 atom stereocenters. The van der Waals surface area contributed by atoms with E-state index in [0.717, 1.165) is 32.4 Å². The molecule has 3 heterocycles. The van der Waals surface area contributed by atoms with E-state index in [9.17, 15) is 9.18 Å². The van der Waals surface area contributed by atoms with E-state index in [-0.39, 0.29) is 28.7 Å². The fourth-order valence-corrected chi connectivity index (χ4v) is 4.12. The summed E-state index contributed by atoms with van der Waals surface area (Å²) in [5, 5.41) is 0.643. The molecule has 1 amide bonds.